The largest absolute Gasteiger partial charge is 0.382 e. The van der Waals surface area contributed by atoms with Gasteiger partial charge in [-0.15, -0.1) is 0 Å². The van der Waals surface area contributed by atoms with E-state index >= 15 is 0 Å². The Balaban J connectivity index is 1.95. The van der Waals surface area contributed by atoms with Gasteiger partial charge in [0.15, 0.2) is 5.96 Å². The lowest BCUT2D eigenvalue weighted by atomic mass is 9.99. The molecule has 1 saturated heterocycles. The van der Waals surface area contributed by atoms with Crippen molar-refractivity contribution in [3.8, 4) is 0 Å². The highest BCUT2D eigenvalue weighted by Crippen LogP contribution is 2.15. The van der Waals surface area contributed by atoms with Crippen molar-refractivity contribution < 1.29 is 4.74 Å². The molecule has 5 heteroatoms. The van der Waals surface area contributed by atoms with Crippen LogP contribution < -0.4 is 10.6 Å². The van der Waals surface area contributed by atoms with Crippen LogP contribution in [-0.4, -0.2) is 63.8 Å². The topological polar surface area (TPSA) is 48.9 Å². The predicted molar refractivity (Wildman–Crippen MR) is 94.5 cm³/mol. The molecule has 1 fully saturated rings. The molecule has 0 aromatic heterocycles. The highest BCUT2D eigenvalue weighted by Gasteiger charge is 2.14. The van der Waals surface area contributed by atoms with E-state index in [2.05, 4.69) is 27.4 Å². The SMILES string of the molecule is CCOCCCNC(=NC)NCCCCN1CCC(C)CC1. The van der Waals surface area contributed by atoms with Gasteiger partial charge in [-0.3, -0.25) is 4.99 Å². The van der Waals surface area contributed by atoms with Gasteiger partial charge in [0, 0.05) is 33.4 Å². The highest BCUT2D eigenvalue weighted by atomic mass is 16.5. The van der Waals surface area contributed by atoms with E-state index in [4.69, 9.17) is 4.74 Å². The molecule has 0 radical (unpaired) electrons. The first-order valence-electron chi connectivity index (χ1n) is 9.00. The van der Waals surface area contributed by atoms with Gasteiger partial charge in [0.25, 0.3) is 0 Å². The van der Waals surface area contributed by atoms with Gasteiger partial charge in [-0.25, -0.2) is 0 Å². The average Bonchev–Trinajstić information content (AvgIpc) is 2.54. The summed E-state index contributed by atoms with van der Waals surface area (Å²) in [7, 11) is 1.83. The Bertz CT molecular complexity index is 288. The molecular weight excluding hydrogens is 276 g/mol. The van der Waals surface area contributed by atoms with Crippen LogP contribution in [0.2, 0.25) is 0 Å². The quantitative estimate of drug-likeness (QED) is 0.368. The van der Waals surface area contributed by atoms with E-state index < -0.39 is 0 Å². The van der Waals surface area contributed by atoms with Crippen LogP contribution in [0, 0.1) is 5.92 Å². The Kier molecular flexibility index (Phi) is 11.1. The van der Waals surface area contributed by atoms with Crippen LogP contribution in [0.3, 0.4) is 0 Å². The number of hydrogen-bond donors (Lipinski definition) is 2. The van der Waals surface area contributed by atoms with Gasteiger partial charge < -0.3 is 20.3 Å². The fraction of sp³-hybridized carbons (Fsp3) is 0.941. The van der Waals surface area contributed by atoms with Crippen molar-refractivity contribution in [3.05, 3.63) is 0 Å². The minimum atomic E-state index is 0.795. The van der Waals surface area contributed by atoms with Gasteiger partial charge in [0.1, 0.15) is 0 Å². The van der Waals surface area contributed by atoms with Crippen molar-refractivity contribution in [1.82, 2.24) is 15.5 Å². The monoisotopic (exact) mass is 312 g/mol. The molecule has 0 aromatic carbocycles. The summed E-state index contributed by atoms with van der Waals surface area (Å²) in [6, 6.07) is 0. The number of ether oxygens (including phenoxy) is 1. The molecule has 1 aliphatic rings. The first-order chi connectivity index (χ1) is 10.8. The zero-order valence-electron chi connectivity index (χ0n) is 14.9. The van der Waals surface area contributed by atoms with Gasteiger partial charge in [0.05, 0.1) is 0 Å². The molecule has 0 aliphatic carbocycles. The second-order valence-corrected chi connectivity index (χ2v) is 6.21. The molecule has 130 valence electrons. The summed E-state index contributed by atoms with van der Waals surface area (Å²) in [5.74, 6) is 1.83. The molecule has 22 heavy (non-hydrogen) atoms. The number of guanidine groups is 1. The summed E-state index contributed by atoms with van der Waals surface area (Å²) in [6.45, 7) is 11.7. The number of piperidine rings is 1. The highest BCUT2D eigenvalue weighted by molar-refractivity contribution is 5.79. The van der Waals surface area contributed by atoms with E-state index in [0.29, 0.717) is 0 Å². The lowest BCUT2D eigenvalue weighted by Crippen LogP contribution is -2.39. The number of hydrogen-bond acceptors (Lipinski definition) is 3. The van der Waals surface area contributed by atoms with Gasteiger partial charge in [-0.1, -0.05) is 6.92 Å². The fourth-order valence-corrected chi connectivity index (χ4v) is 2.70. The molecule has 0 atom stereocenters. The van der Waals surface area contributed by atoms with Crippen molar-refractivity contribution in [3.63, 3.8) is 0 Å². The summed E-state index contributed by atoms with van der Waals surface area (Å²) in [6.07, 6.45) is 6.23. The van der Waals surface area contributed by atoms with Crippen LogP contribution in [0.25, 0.3) is 0 Å². The summed E-state index contributed by atoms with van der Waals surface area (Å²) in [5.41, 5.74) is 0. The molecule has 0 bridgehead atoms. The van der Waals surface area contributed by atoms with E-state index in [1.54, 1.807) is 0 Å². The number of likely N-dealkylation sites (tertiary alicyclic amines) is 1. The van der Waals surface area contributed by atoms with E-state index in [0.717, 1.165) is 44.6 Å². The molecular formula is C17H36N4O. The molecule has 1 rings (SSSR count). The predicted octanol–water partition coefficient (Wildman–Crippen LogP) is 2.09. The molecule has 0 unspecified atom stereocenters. The third kappa shape index (κ3) is 9.26. The van der Waals surface area contributed by atoms with Crippen LogP contribution in [0.5, 0.6) is 0 Å². The minimum absolute atomic E-state index is 0.795. The molecule has 0 spiro atoms. The maximum absolute atomic E-state index is 5.32. The molecule has 0 saturated carbocycles. The third-order valence-corrected chi connectivity index (χ3v) is 4.26. The normalized spacial score (nSPS) is 17.7. The molecule has 0 aromatic rings. The minimum Gasteiger partial charge on any atom is -0.382 e. The van der Waals surface area contributed by atoms with Crippen molar-refractivity contribution in [2.45, 2.75) is 46.0 Å². The van der Waals surface area contributed by atoms with Crippen LogP contribution in [0.1, 0.15) is 46.0 Å². The Morgan fingerprint density at radius 1 is 1.14 bits per heavy atom. The van der Waals surface area contributed by atoms with Gasteiger partial charge in [-0.05, 0) is 64.6 Å². The average molecular weight is 313 g/mol. The number of aliphatic imine (C=N–C) groups is 1. The second kappa shape index (κ2) is 12.7. The lowest BCUT2D eigenvalue weighted by molar-refractivity contribution is 0.145. The zero-order valence-corrected chi connectivity index (χ0v) is 14.9. The number of nitrogens with one attached hydrogen (secondary N) is 2. The van der Waals surface area contributed by atoms with Crippen LogP contribution in [0.4, 0.5) is 0 Å². The Hall–Kier alpha value is -0.810. The number of nitrogens with zero attached hydrogens (tertiary/aromatic N) is 2. The Morgan fingerprint density at radius 3 is 2.45 bits per heavy atom. The molecule has 1 heterocycles. The van der Waals surface area contributed by atoms with Crippen molar-refractivity contribution in [1.29, 1.82) is 0 Å². The van der Waals surface area contributed by atoms with E-state index in [-0.39, 0.29) is 0 Å². The van der Waals surface area contributed by atoms with E-state index in [1.165, 1.54) is 45.3 Å². The first-order valence-corrected chi connectivity index (χ1v) is 9.00. The van der Waals surface area contributed by atoms with E-state index in [9.17, 15) is 0 Å². The number of unbranched alkanes of at least 4 members (excludes halogenated alkanes) is 1. The maximum atomic E-state index is 5.32. The summed E-state index contributed by atoms with van der Waals surface area (Å²) < 4.78 is 5.32. The van der Waals surface area contributed by atoms with Gasteiger partial charge in [0.2, 0.25) is 0 Å². The summed E-state index contributed by atoms with van der Waals surface area (Å²) in [5, 5.41) is 6.71. The molecule has 0 amide bonds. The van der Waals surface area contributed by atoms with Crippen LogP contribution in [0.15, 0.2) is 4.99 Å². The first kappa shape index (κ1) is 19.2. The smallest absolute Gasteiger partial charge is 0.190 e. The standard InChI is InChI=1S/C17H36N4O/c1-4-22-15-7-11-20-17(18-3)19-10-5-6-12-21-13-8-16(2)9-14-21/h16H,4-15H2,1-3H3,(H2,18,19,20). The van der Waals surface area contributed by atoms with Crippen LogP contribution in [-0.2, 0) is 4.74 Å². The Labute approximate surface area is 136 Å². The molecule has 5 nitrogen and oxygen atoms in total. The maximum Gasteiger partial charge on any atom is 0.190 e. The van der Waals surface area contributed by atoms with Crippen LogP contribution >= 0.6 is 0 Å². The Morgan fingerprint density at radius 2 is 1.82 bits per heavy atom. The van der Waals surface area contributed by atoms with E-state index in [1.807, 2.05) is 14.0 Å². The zero-order chi connectivity index (χ0) is 16.0. The molecule has 1 aliphatic heterocycles. The van der Waals surface area contributed by atoms with Crippen molar-refractivity contribution >= 4 is 5.96 Å². The fourth-order valence-electron chi connectivity index (χ4n) is 2.70. The van der Waals surface area contributed by atoms with Crippen molar-refractivity contribution in [2.24, 2.45) is 10.9 Å². The lowest BCUT2D eigenvalue weighted by Gasteiger charge is -2.30. The summed E-state index contributed by atoms with van der Waals surface area (Å²) >= 11 is 0. The third-order valence-electron chi connectivity index (χ3n) is 4.26. The number of rotatable bonds is 10. The second-order valence-electron chi connectivity index (χ2n) is 6.21. The molecule has 2 N–H and O–H groups in total. The van der Waals surface area contributed by atoms with Crippen molar-refractivity contribution in [2.75, 3.05) is 53.0 Å². The summed E-state index contributed by atoms with van der Waals surface area (Å²) in [4.78, 5) is 6.86. The van der Waals surface area contributed by atoms with Gasteiger partial charge >= 0.3 is 0 Å². The van der Waals surface area contributed by atoms with Gasteiger partial charge in [-0.2, -0.15) is 0 Å².